The maximum Gasteiger partial charge on any atom is 0.334 e. The van der Waals surface area contributed by atoms with Crippen LogP contribution in [0.2, 0.25) is 0 Å². The molecule has 0 amide bonds. The molecule has 0 aromatic carbocycles. The fourth-order valence-electron chi connectivity index (χ4n) is 6.62. The number of esters is 2. The molecule has 1 aromatic rings. The summed E-state index contributed by atoms with van der Waals surface area (Å²) in [6, 6.07) is 1.65. The Morgan fingerprint density at radius 1 is 1.34 bits per heavy atom. The molecule has 1 aromatic heterocycles. The fourth-order valence-corrected chi connectivity index (χ4v) is 6.62. The van der Waals surface area contributed by atoms with Gasteiger partial charge in [-0.3, -0.25) is 9.59 Å². The van der Waals surface area contributed by atoms with Crippen molar-refractivity contribution < 1.29 is 33.4 Å². The van der Waals surface area contributed by atoms with Crippen LogP contribution in [0.25, 0.3) is 0 Å². The number of hydrogen-bond acceptors (Lipinski definition) is 7. The number of ketones is 1. The molecule has 1 N–H and O–H groups in total. The predicted molar refractivity (Wildman–Crippen MR) is 98.9 cm³/mol. The van der Waals surface area contributed by atoms with Crippen molar-refractivity contribution in [1.29, 1.82) is 0 Å². The maximum atomic E-state index is 13.2. The van der Waals surface area contributed by atoms with Gasteiger partial charge in [-0.2, -0.15) is 0 Å². The van der Waals surface area contributed by atoms with E-state index in [1.807, 2.05) is 13.8 Å². The first-order chi connectivity index (χ1) is 13.7. The van der Waals surface area contributed by atoms with Crippen LogP contribution in [0.5, 0.6) is 0 Å². The van der Waals surface area contributed by atoms with Crippen LogP contribution in [0, 0.1) is 16.7 Å². The highest BCUT2D eigenvalue weighted by atomic mass is 16.6. The molecule has 6 unspecified atom stereocenters. The molecule has 5 rings (SSSR count). The summed E-state index contributed by atoms with van der Waals surface area (Å²) in [6.07, 6.45) is 3.43. The Labute approximate surface area is 168 Å². The third kappa shape index (κ3) is 1.99. The molecule has 154 valence electrons. The Morgan fingerprint density at radius 2 is 2.10 bits per heavy atom. The van der Waals surface area contributed by atoms with Crippen molar-refractivity contribution in [2.75, 3.05) is 6.61 Å². The van der Waals surface area contributed by atoms with Crippen molar-refractivity contribution in [2.24, 2.45) is 16.7 Å². The smallest absolute Gasteiger partial charge is 0.334 e. The zero-order chi connectivity index (χ0) is 20.8. The summed E-state index contributed by atoms with van der Waals surface area (Å²) in [6.45, 7) is 5.12. The van der Waals surface area contributed by atoms with Crippen molar-refractivity contribution in [2.45, 2.75) is 57.7 Å². The second-order valence-electron chi connectivity index (χ2n) is 9.19. The van der Waals surface area contributed by atoms with Crippen molar-refractivity contribution >= 4 is 17.7 Å². The van der Waals surface area contributed by atoms with Crippen molar-refractivity contribution in [3.8, 4) is 0 Å². The van der Waals surface area contributed by atoms with E-state index in [1.54, 1.807) is 12.1 Å². The van der Waals surface area contributed by atoms with E-state index in [4.69, 9.17) is 13.9 Å². The van der Waals surface area contributed by atoms with Crippen LogP contribution < -0.4 is 0 Å². The summed E-state index contributed by atoms with van der Waals surface area (Å²) in [5.41, 5.74) is -2.59. The van der Waals surface area contributed by atoms with E-state index in [0.717, 1.165) is 0 Å². The Balaban J connectivity index is 1.80. The molecule has 29 heavy (non-hydrogen) atoms. The van der Waals surface area contributed by atoms with Crippen molar-refractivity contribution in [3.05, 3.63) is 35.3 Å². The number of rotatable bonds is 1. The second-order valence-corrected chi connectivity index (χ2v) is 9.19. The lowest BCUT2D eigenvalue weighted by molar-refractivity contribution is -0.251. The zero-order valence-corrected chi connectivity index (χ0v) is 16.7. The van der Waals surface area contributed by atoms with E-state index in [1.165, 1.54) is 13.2 Å². The first kappa shape index (κ1) is 18.6. The highest BCUT2D eigenvalue weighted by Gasteiger charge is 2.76. The number of carbonyl (C=O) groups is 3. The number of allylic oxidation sites excluding steroid dienone is 1. The van der Waals surface area contributed by atoms with Gasteiger partial charge in [-0.15, -0.1) is 0 Å². The number of fused-ring (bicyclic) bond motifs is 2. The molecule has 1 spiro atoms. The normalized spacial score (nSPS) is 42.8. The first-order valence-corrected chi connectivity index (χ1v) is 10.0. The van der Waals surface area contributed by atoms with Crippen molar-refractivity contribution in [3.63, 3.8) is 0 Å². The van der Waals surface area contributed by atoms with E-state index in [2.05, 4.69) is 0 Å². The van der Waals surface area contributed by atoms with Crippen LogP contribution in [-0.4, -0.2) is 41.1 Å². The summed E-state index contributed by atoms with van der Waals surface area (Å²) < 4.78 is 16.8. The number of ether oxygens (including phenoxy) is 2. The average Bonchev–Trinajstić information content (AvgIpc) is 3.24. The Bertz CT molecular complexity index is 974. The monoisotopic (exact) mass is 400 g/mol. The van der Waals surface area contributed by atoms with Gasteiger partial charge in [0.1, 0.15) is 18.5 Å². The molecule has 6 atom stereocenters. The standard InChI is InChI=1S/C22H24O7/c1-11-17(29-12(2)23)9-21-10-28-19(25)15(21)5-4-14-18-13(6-7-27-18)16(24)8-20(11,3)22(14,21)26/h5-7,11,14,17,26H,4,8-10H2,1-3H3. The molecule has 1 saturated carbocycles. The highest BCUT2D eigenvalue weighted by Crippen LogP contribution is 2.70. The third-order valence-corrected chi connectivity index (χ3v) is 8.12. The molecule has 2 fully saturated rings. The van der Waals surface area contributed by atoms with E-state index >= 15 is 0 Å². The zero-order valence-electron chi connectivity index (χ0n) is 16.7. The lowest BCUT2D eigenvalue weighted by Crippen LogP contribution is -2.71. The van der Waals surface area contributed by atoms with Gasteiger partial charge in [0.2, 0.25) is 0 Å². The molecule has 1 saturated heterocycles. The summed E-state index contributed by atoms with van der Waals surface area (Å²) in [4.78, 5) is 37.6. The Morgan fingerprint density at radius 3 is 2.83 bits per heavy atom. The fraction of sp³-hybridized carbons (Fsp3) is 0.591. The van der Waals surface area contributed by atoms with E-state index in [-0.39, 0.29) is 31.1 Å². The van der Waals surface area contributed by atoms with Crippen LogP contribution in [0.15, 0.2) is 28.4 Å². The molecular weight excluding hydrogens is 376 g/mol. The lowest BCUT2D eigenvalue weighted by atomic mass is 9.41. The van der Waals surface area contributed by atoms with Gasteiger partial charge in [0.05, 0.1) is 28.8 Å². The number of furan rings is 1. The number of carbonyl (C=O) groups excluding carboxylic acids is 3. The largest absolute Gasteiger partial charge is 0.468 e. The van der Waals surface area contributed by atoms with E-state index in [9.17, 15) is 19.5 Å². The molecule has 1 aliphatic heterocycles. The SMILES string of the molecule is CC(=O)OC1CC23COC(=O)C2=CCC2c4occc4C(=O)CC(C)(C1C)C23O. The van der Waals surface area contributed by atoms with Gasteiger partial charge in [-0.05, 0) is 12.5 Å². The van der Waals surface area contributed by atoms with Gasteiger partial charge in [0, 0.05) is 36.7 Å². The third-order valence-electron chi connectivity index (χ3n) is 8.12. The maximum absolute atomic E-state index is 13.2. The van der Waals surface area contributed by atoms with Crippen LogP contribution >= 0.6 is 0 Å². The number of Topliss-reactive ketones (excluding diaryl/α,β-unsaturated/α-hetero) is 1. The minimum absolute atomic E-state index is 0.00499. The topological polar surface area (TPSA) is 103 Å². The molecule has 7 heteroatoms. The molecule has 0 radical (unpaired) electrons. The number of aliphatic hydroxyl groups is 1. The van der Waals surface area contributed by atoms with Gasteiger partial charge in [0.15, 0.2) is 5.78 Å². The molecule has 0 bridgehead atoms. The molecule has 3 aliphatic carbocycles. The quantitative estimate of drug-likeness (QED) is 0.723. The van der Waals surface area contributed by atoms with Gasteiger partial charge >= 0.3 is 11.9 Å². The van der Waals surface area contributed by atoms with E-state index in [0.29, 0.717) is 23.3 Å². The summed E-state index contributed by atoms with van der Waals surface area (Å²) in [7, 11) is 0. The number of hydrogen-bond donors (Lipinski definition) is 1. The molecular formula is C22H24O7. The molecule has 7 nitrogen and oxygen atoms in total. The van der Waals surface area contributed by atoms with Crippen LogP contribution in [0.3, 0.4) is 0 Å². The van der Waals surface area contributed by atoms with Gasteiger partial charge < -0.3 is 19.0 Å². The van der Waals surface area contributed by atoms with Gasteiger partial charge in [-0.1, -0.05) is 19.9 Å². The summed E-state index contributed by atoms with van der Waals surface area (Å²) >= 11 is 0. The Hall–Kier alpha value is -2.41. The van der Waals surface area contributed by atoms with E-state index < -0.39 is 40.4 Å². The summed E-state index contributed by atoms with van der Waals surface area (Å²) in [5.74, 6) is -1.34. The second kappa shape index (κ2) is 5.59. The van der Waals surface area contributed by atoms with Crippen LogP contribution in [-0.2, 0) is 19.1 Å². The van der Waals surface area contributed by atoms with Crippen LogP contribution in [0.4, 0.5) is 0 Å². The minimum Gasteiger partial charge on any atom is -0.468 e. The molecule has 4 aliphatic rings. The Kier molecular flexibility index (Phi) is 3.59. The highest BCUT2D eigenvalue weighted by molar-refractivity contribution is 5.99. The molecule has 2 heterocycles. The van der Waals surface area contributed by atoms with Crippen molar-refractivity contribution in [1.82, 2.24) is 0 Å². The lowest BCUT2D eigenvalue weighted by Gasteiger charge is -2.64. The first-order valence-electron chi connectivity index (χ1n) is 10.0. The summed E-state index contributed by atoms with van der Waals surface area (Å²) in [5, 5.41) is 12.6. The van der Waals surface area contributed by atoms with Gasteiger partial charge in [0.25, 0.3) is 0 Å². The average molecular weight is 400 g/mol. The predicted octanol–water partition coefficient (Wildman–Crippen LogP) is 2.53. The number of cyclic esters (lactones) is 1. The van der Waals surface area contributed by atoms with Gasteiger partial charge in [-0.25, -0.2) is 4.79 Å². The minimum atomic E-state index is -1.47. The van der Waals surface area contributed by atoms with Crippen LogP contribution in [0.1, 0.15) is 62.1 Å².